The van der Waals surface area contributed by atoms with E-state index >= 15 is 0 Å². The minimum Gasteiger partial charge on any atom is -0.462 e. The molecule has 288 valence electrons. The van der Waals surface area contributed by atoms with Gasteiger partial charge in [-0.1, -0.05) is 107 Å². The van der Waals surface area contributed by atoms with Crippen LogP contribution in [0.4, 0.5) is 0 Å². The molecule has 0 bridgehead atoms. The number of ether oxygens (including phenoxy) is 2. The lowest BCUT2D eigenvalue weighted by Gasteiger charge is -2.24. The minimum absolute atomic E-state index is 0.0195. The third-order valence-electron chi connectivity index (χ3n) is 7.53. The second-order valence-electron chi connectivity index (χ2n) is 13.6. The van der Waals surface area contributed by atoms with Crippen LogP contribution in [0.3, 0.4) is 0 Å². The lowest BCUT2D eigenvalue weighted by atomic mass is 10.1. The zero-order chi connectivity index (χ0) is 37.2. The van der Waals surface area contributed by atoms with E-state index in [1.54, 1.807) is 0 Å². The summed E-state index contributed by atoms with van der Waals surface area (Å²) in [6.07, 6.45) is 37.0. The molecule has 10 heteroatoms. The van der Waals surface area contributed by atoms with Gasteiger partial charge in [0, 0.05) is 12.8 Å². The van der Waals surface area contributed by atoms with Crippen LogP contribution >= 0.6 is 7.82 Å². The van der Waals surface area contributed by atoms with Gasteiger partial charge in [-0.25, -0.2) is 4.57 Å². The van der Waals surface area contributed by atoms with Gasteiger partial charge in [-0.05, 0) is 70.6 Å². The molecule has 0 radical (unpaired) electrons. The average molecular weight is 725 g/mol. The Morgan fingerprint density at radius 1 is 0.640 bits per heavy atom. The van der Waals surface area contributed by atoms with Crippen molar-refractivity contribution in [2.24, 2.45) is 0 Å². The number of likely N-dealkylation sites (N-methyl/N-ethyl adjacent to an activating group) is 1. The molecule has 9 nitrogen and oxygen atoms in total. The Morgan fingerprint density at radius 3 is 1.76 bits per heavy atom. The highest BCUT2D eigenvalue weighted by atomic mass is 31.2. The van der Waals surface area contributed by atoms with E-state index in [2.05, 4.69) is 74.6 Å². The average Bonchev–Trinajstić information content (AvgIpc) is 3.06. The highest BCUT2D eigenvalue weighted by Gasteiger charge is 2.27. The van der Waals surface area contributed by atoms with Crippen LogP contribution in [0.15, 0.2) is 60.8 Å². The Morgan fingerprint density at radius 2 is 1.14 bits per heavy atom. The maximum absolute atomic E-state index is 12.6. The third kappa shape index (κ3) is 35.5. The minimum atomic E-state index is -4.38. The number of quaternary nitrogens is 1. The van der Waals surface area contributed by atoms with E-state index in [-0.39, 0.29) is 26.1 Å². The van der Waals surface area contributed by atoms with Gasteiger partial charge in [0.1, 0.15) is 19.8 Å². The molecule has 2 atom stereocenters. The zero-order valence-corrected chi connectivity index (χ0v) is 33.0. The van der Waals surface area contributed by atoms with Crippen LogP contribution in [0.25, 0.3) is 0 Å². The molecule has 0 saturated carbocycles. The van der Waals surface area contributed by atoms with E-state index in [1.807, 2.05) is 21.1 Å². The van der Waals surface area contributed by atoms with Gasteiger partial charge in [0.2, 0.25) is 0 Å². The van der Waals surface area contributed by atoms with Crippen LogP contribution in [0, 0.1) is 0 Å². The Hall–Kier alpha value is -2.29. The maximum atomic E-state index is 12.6. The molecule has 0 aromatic rings. The summed E-state index contributed by atoms with van der Waals surface area (Å²) in [7, 11) is 1.43. The van der Waals surface area contributed by atoms with E-state index in [4.69, 9.17) is 18.5 Å². The first-order chi connectivity index (χ1) is 24.0. The van der Waals surface area contributed by atoms with Crippen LogP contribution in [-0.4, -0.2) is 74.9 Å². The van der Waals surface area contributed by atoms with Crippen molar-refractivity contribution in [2.45, 2.75) is 136 Å². The van der Waals surface area contributed by atoms with Crippen LogP contribution in [0.5, 0.6) is 0 Å². The molecule has 50 heavy (non-hydrogen) atoms. The molecule has 0 saturated heterocycles. The number of phosphoric ester groups is 1. The summed E-state index contributed by atoms with van der Waals surface area (Å²) in [6.45, 7) is 4.17. The first-order valence-corrected chi connectivity index (χ1v) is 20.5. The number of phosphoric acid groups is 1. The Labute approximate surface area is 305 Å². The second-order valence-corrected chi connectivity index (χ2v) is 15.0. The summed E-state index contributed by atoms with van der Waals surface area (Å²) < 4.78 is 34.1. The normalized spacial score (nSPS) is 14.4. The molecule has 0 heterocycles. The Bertz CT molecular complexity index is 1040. The van der Waals surface area contributed by atoms with Gasteiger partial charge in [0.05, 0.1) is 27.7 Å². The fourth-order valence-corrected chi connectivity index (χ4v) is 5.25. The van der Waals surface area contributed by atoms with Crippen molar-refractivity contribution in [3.63, 3.8) is 0 Å². The smallest absolute Gasteiger partial charge is 0.462 e. The van der Waals surface area contributed by atoms with Gasteiger partial charge in [-0.3, -0.25) is 18.6 Å². The van der Waals surface area contributed by atoms with Gasteiger partial charge in [0.15, 0.2) is 6.10 Å². The predicted molar refractivity (Wildman–Crippen MR) is 206 cm³/mol. The molecular formula is C40H71NO8P+. The van der Waals surface area contributed by atoms with Gasteiger partial charge < -0.3 is 18.9 Å². The van der Waals surface area contributed by atoms with Gasteiger partial charge in [-0.2, -0.15) is 0 Å². The van der Waals surface area contributed by atoms with Crippen molar-refractivity contribution in [2.75, 3.05) is 47.5 Å². The number of hydrogen-bond acceptors (Lipinski definition) is 7. The Balaban J connectivity index is 4.55. The monoisotopic (exact) mass is 724 g/mol. The van der Waals surface area contributed by atoms with E-state index < -0.39 is 32.5 Å². The summed E-state index contributed by atoms with van der Waals surface area (Å²) in [5.41, 5.74) is 0. The highest BCUT2D eigenvalue weighted by Crippen LogP contribution is 2.43. The summed E-state index contributed by atoms with van der Waals surface area (Å²) in [6, 6.07) is 0. The molecule has 0 aliphatic carbocycles. The number of carbonyl (C=O) groups excluding carboxylic acids is 2. The zero-order valence-electron chi connectivity index (χ0n) is 32.1. The van der Waals surface area contributed by atoms with Crippen molar-refractivity contribution in [1.82, 2.24) is 0 Å². The van der Waals surface area contributed by atoms with Gasteiger partial charge >= 0.3 is 19.8 Å². The summed E-state index contributed by atoms with van der Waals surface area (Å²) in [4.78, 5) is 35.1. The lowest BCUT2D eigenvalue weighted by Crippen LogP contribution is -2.37. The highest BCUT2D eigenvalue weighted by molar-refractivity contribution is 7.47. The number of carbonyl (C=O) groups is 2. The number of unbranched alkanes of at least 4 members (excludes halogenated alkanes) is 9. The lowest BCUT2D eigenvalue weighted by molar-refractivity contribution is -0.870. The fraction of sp³-hybridized carbons (Fsp3) is 0.700. The van der Waals surface area contributed by atoms with Gasteiger partial charge in [-0.15, -0.1) is 0 Å². The standard InChI is InChI=1S/C40H70NO8P/c1-6-8-10-12-14-16-18-19-20-21-23-25-27-29-31-33-40(43)49-38(37-48-50(44,45)47-35-34-41(3,4)5)36-46-39(42)32-30-28-26-24-22-17-15-13-11-9-7-2/h8,10,13-16,19-20,23,25,38H,6-7,9,11-12,17-18,21-22,24,26-37H2,1-5H3/p+1/b10-8-,15-13-,16-14-,20-19-,25-23-. The van der Waals surface area contributed by atoms with Crippen molar-refractivity contribution in [3.05, 3.63) is 60.8 Å². The molecule has 0 amide bonds. The SMILES string of the molecule is CC/C=C\C/C=C\C/C=C\C/C=C\CCCCC(=O)OC(COC(=O)CCCCCCC/C=C\CCCC)COP(=O)(O)OCC[N+](C)(C)C. The quantitative estimate of drug-likeness (QED) is 0.0234. The molecular weight excluding hydrogens is 653 g/mol. The number of esters is 2. The molecule has 2 unspecified atom stereocenters. The fourth-order valence-electron chi connectivity index (χ4n) is 4.51. The number of rotatable bonds is 33. The predicted octanol–water partition coefficient (Wildman–Crippen LogP) is 10.1. The topological polar surface area (TPSA) is 108 Å². The summed E-state index contributed by atoms with van der Waals surface area (Å²) in [5.74, 6) is -0.868. The molecule has 0 aliphatic heterocycles. The van der Waals surface area contributed by atoms with Crippen LogP contribution < -0.4 is 0 Å². The second kappa shape index (κ2) is 32.6. The Kier molecular flexibility index (Phi) is 31.1. The first-order valence-electron chi connectivity index (χ1n) is 19.0. The molecule has 0 spiro atoms. The van der Waals surface area contributed by atoms with E-state index in [1.165, 1.54) is 12.8 Å². The van der Waals surface area contributed by atoms with Crippen molar-refractivity contribution >= 4 is 19.8 Å². The first kappa shape index (κ1) is 47.7. The van der Waals surface area contributed by atoms with Crippen LogP contribution in [0.2, 0.25) is 0 Å². The third-order valence-corrected chi connectivity index (χ3v) is 8.52. The number of hydrogen-bond donors (Lipinski definition) is 1. The molecule has 0 rings (SSSR count). The molecule has 1 N–H and O–H groups in total. The number of allylic oxidation sites excluding steroid dienone is 10. The van der Waals surface area contributed by atoms with Crippen LogP contribution in [0.1, 0.15) is 129 Å². The maximum Gasteiger partial charge on any atom is 0.472 e. The van der Waals surface area contributed by atoms with Gasteiger partial charge in [0.25, 0.3) is 0 Å². The van der Waals surface area contributed by atoms with Crippen LogP contribution in [-0.2, 0) is 32.7 Å². The molecule has 0 aromatic carbocycles. The van der Waals surface area contributed by atoms with Crippen molar-refractivity contribution < 1.29 is 42.1 Å². The molecule has 0 fully saturated rings. The molecule has 0 aliphatic rings. The molecule has 0 aromatic heterocycles. The summed E-state index contributed by atoms with van der Waals surface area (Å²) >= 11 is 0. The largest absolute Gasteiger partial charge is 0.472 e. The van der Waals surface area contributed by atoms with Crippen molar-refractivity contribution in [3.8, 4) is 0 Å². The summed E-state index contributed by atoms with van der Waals surface area (Å²) in [5, 5.41) is 0. The number of nitrogens with zero attached hydrogens (tertiary/aromatic N) is 1. The van der Waals surface area contributed by atoms with Crippen molar-refractivity contribution in [1.29, 1.82) is 0 Å². The van der Waals surface area contributed by atoms with E-state index in [9.17, 15) is 19.0 Å². The van der Waals surface area contributed by atoms with E-state index in [0.29, 0.717) is 17.4 Å². The van der Waals surface area contributed by atoms with E-state index in [0.717, 1.165) is 83.5 Å².